The summed E-state index contributed by atoms with van der Waals surface area (Å²) >= 11 is 0. The molecule has 144 valence electrons. The number of nitriles is 1. The molecule has 7 heteroatoms. The first-order valence-electron chi connectivity index (χ1n) is 9.51. The van der Waals surface area contributed by atoms with Crippen molar-refractivity contribution in [1.29, 1.82) is 5.26 Å². The minimum atomic E-state index is -1.15. The highest BCUT2D eigenvalue weighted by Gasteiger charge is 2.51. The average molecular weight is 405 g/mol. The highest BCUT2D eigenvalue weighted by atomic mass is 33.1. The molecule has 1 unspecified atom stereocenters. The van der Waals surface area contributed by atoms with Crippen LogP contribution in [0, 0.1) is 11.3 Å². The van der Waals surface area contributed by atoms with E-state index in [1.54, 1.807) is 0 Å². The molecule has 0 N–H and O–H groups in total. The predicted octanol–water partition coefficient (Wildman–Crippen LogP) is 6.13. The third kappa shape index (κ3) is 5.50. The van der Waals surface area contributed by atoms with Crippen LogP contribution in [0.1, 0.15) is 73.1 Å². The SMILES string of the molecule is CC(C)N(C(C)C)P(OCCC#N)O[C@H]1[C@@H](C)SSC12CCCCC2. The summed E-state index contributed by atoms with van der Waals surface area (Å²) in [6.07, 6.45) is 7.13. The van der Waals surface area contributed by atoms with Gasteiger partial charge in [0, 0.05) is 17.3 Å². The molecule has 1 aliphatic carbocycles. The van der Waals surface area contributed by atoms with E-state index in [2.05, 4.69) is 56.2 Å². The molecule has 4 nitrogen and oxygen atoms in total. The fourth-order valence-electron chi connectivity index (χ4n) is 3.79. The first-order chi connectivity index (χ1) is 11.9. The van der Waals surface area contributed by atoms with Crippen LogP contribution in [0.15, 0.2) is 0 Å². The van der Waals surface area contributed by atoms with Gasteiger partial charge in [-0.25, -0.2) is 4.67 Å². The molecule has 1 heterocycles. The normalized spacial score (nSPS) is 27.3. The van der Waals surface area contributed by atoms with Crippen molar-refractivity contribution in [2.75, 3.05) is 6.61 Å². The van der Waals surface area contributed by atoms with E-state index in [9.17, 15) is 0 Å². The molecule has 2 fully saturated rings. The molecule has 3 atom stereocenters. The van der Waals surface area contributed by atoms with Gasteiger partial charge >= 0.3 is 0 Å². The highest BCUT2D eigenvalue weighted by Crippen LogP contribution is 2.62. The molecular formula is C18H33N2O2PS2. The van der Waals surface area contributed by atoms with E-state index in [-0.39, 0.29) is 10.9 Å². The average Bonchev–Trinajstić information content (AvgIpc) is 2.84. The van der Waals surface area contributed by atoms with Gasteiger partial charge < -0.3 is 9.05 Å². The third-order valence-corrected chi connectivity index (χ3v) is 10.8. The fraction of sp³-hybridized carbons (Fsp3) is 0.944. The molecule has 0 amide bonds. The lowest BCUT2D eigenvalue weighted by molar-refractivity contribution is 0.0962. The summed E-state index contributed by atoms with van der Waals surface area (Å²) in [5, 5.41) is 9.36. The molecule has 0 aromatic carbocycles. The Balaban J connectivity index is 2.16. The van der Waals surface area contributed by atoms with Gasteiger partial charge in [-0.1, -0.05) is 40.9 Å². The summed E-state index contributed by atoms with van der Waals surface area (Å²) in [5.74, 6) is 0. The Hall–Kier alpha value is 0.500. The minimum absolute atomic E-state index is 0.232. The number of hydrogen-bond donors (Lipinski definition) is 0. The van der Waals surface area contributed by atoms with Crippen molar-refractivity contribution >= 4 is 30.1 Å². The van der Waals surface area contributed by atoms with Crippen molar-refractivity contribution in [3.63, 3.8) is 0 Å². The van der Waals surface area contributed by atoms with Crippen LogP contribution in [-0.2, 0) is 9.05 Å². The Morgan fingerprint density at radius 1 is 1.20 bits per heavy atom. The second-order valence-corrected chi connectivity index (χ2v) is 12.0. The Labute approximate surface area is 163 Å². The molecule has 1 saturated heterocycles. The Bertz CT molecular complexity index is 439. The summed E-state index contributed by atoms with van der Waals surface area (Å²) in [6.45, 7) is 11.5. The molecule has 0 bridgehead atoms. The lowest BCUT2D eigenvalue weighted by Crippen LogP contribution is -2.44. The Morgan fingerprint density at radius 3 is 2.40 bits per heavy atom. The minimum Gasteiger partial charge on any atom is -0.321 e. The van der Waals surface area contributed by atoms with Gasteiger partial charge in [0.2, 0.25) is 0 Å². The molecule has 1 saturated carbocycles. The standard InChI is InChI=1S/C18H33N2O2PS2/c1-14(2)20(15(3)4)23(21-13-9-12-19)22-17-16(5)24-25-18(17)10-7-6-8-11-18/h14-17H,6-11,13H2,1-5H3/t16-,17+,23?/m1/s1. The van der Waals surface area contributed by atoms with Crippen LogP contribution in [0.3, 0.4) is 0 Å². The summed E-state index contributed by atoms with van der Waals surface area (Å²) in [7, 11) is 2.89. The van der Waals surface area contributed by atoms with Gasteiger partial charge in [0.15, 0.2) is 0 Å². The van der Waals surface area contributed by atoms with Crippen LogP contribution in [0.25, 0.3) is 0 Å². The molecule has 1 aliphatic heterocycles. The van der Waals surface area contributed by atoms with E-state index in [1.165, 1.54) is 32.1 Å². The maximum Gasteiger partial charge on any atom is 0.259 e. The van der Waals surface area contributed by atoms with Crippen LogP contribution in [0.4, 0.5) is 0 Å². The maximum atomic E-state index is 8.88. The lowest BCUT2D eigenvalue weighted by atomic mass is 9.83. The Kier molecular flexibility index (Phi) is 8.85. The van der Waals surface area contributed by atoms with Crippen molar-refractivity contribution in [3.05, 3.63) is 0 Å². The second-order valence-electron chi connectivity index (χ2n) is 7.58. The first-order valence-corrected chi connectivity index (χ1v) is 12.8. The molecule has 2 rings (SSSR count). The van der Waals surface area contributed by atoms with Gasteiger partial charge in [-0.2, -0.15) is 5.26 Å². The van der Waals surface area contributed by atoms with E-state index in [0.717, 1.165) is 0 Å². The van der Waals surface area contributed by atoms with Gasteiger partial charge in [0.25, 0.3) is 8.53 Å². The van der Waals surface area contributed by atoms with Gasteiger partial charge in [0.05, 0.1) is 29.9 Å². The van der Waals surface area contributed by atoms with Gasteiger partial charge in [-0.3, -0.25) is 0 Å². The molecule has 0 aromatic rings. The molecule has 2 aliphatic rings. The van der Waals surface area contributed by atoms with Crippen molar-refractivity contribution in [1.82, 2.24) is 4.67 Å². The van der Waals surface area contributed by atoms with Crippen LogP contribution in [0.2, 0.25) is 0 Å². The maximum absolute atomic E-state index is 8.88. The van der Waals surface area contributed by atoms with Gasteiger partial charge in [0.1, 0.15) is 0 Å². The smallest absolute Gasteiger partial charge is 0.259 e. The first kappa shape index (κ1) is 21.8. The van der Waals surface area contributed by atoms with Crippen molar-refractivity contribution in [2.24, 2.45) is 0 Å². The van der Waals surface area contributed by atoms with E-state index in [4.69, 9.17) is 14.3 Å². The molecule has 0 aromatic heterocycles. The summed E-state index contributed by atoms with van der Waals surface area (Å²) in [5.41, 5.74) is 0. The van der Waals surface area contributed by atoms with E-state index in [0.29, 0.717) is 30.4 Å². The third-order valence-electron chi connectivity index (χ3n) is 4.88. The van der Waals surface area contributed by atoms with Gasteiger partial charge in [-0.05, 0) is 47.5 Å². The zero-order valence-electron chi connectivity index (χ0n) is 16.2. The van der Waals surface area contributed by atoms with Crippen LogP contribution in [0.5, 0.6) is 0 Å². The monoisotopic (exact) mass is 404 g/mol. The predicted molar refractivity (Wildman–Crippen MR) is 111 cm³/mol. The Morgan fingerprint density at radius 2 is 1.84 bits per heavy atom. The summed E-state index contributed by atoms with van der Waals surface area (Å²) in [4.78, 5) is 0. The van der Waals surface area contributed by atoms with Crippen molar-refractivity contribution in [3.8, 4) is 6.07 Å². The largest absolute Gasteiger partial charge is 0.321 e. The zero-order valence-corrected chi connectivity index (χ0v) is 18.8. The lowest BCUT2D eigenvalue weighted by Gasteiger charge is -2.42. The van der Waals surface area contributed by atoms with Crippen LogP contribution < -0.4 is 0 Å². The molecule has 0 radical (unpaired) electrons. The van der Waals surface area contributed by atoms with Crippen molar-refractivity contribution in [2.45, 2.75) is 101 Å². The van der Waals surface area contributed by atoms with E-state index in [1.807, 2.05) is 10.8 Å². The quantitative estimate of drug-likeness (QED) is 0.275. The van der Waals surface area contributed by atoms with Gasteiger partial charge in [-0.15, -0.1) is 0 Å². The number of nitrogens with zero attached hydrogens (tertiary/aromatic N) is 2. The molecular weight excluding hydrogens is 371 g/mol. The summed E-state index contributed by atoms with van der Waals surface area (Å²) in [6, 6.07) is 2.89. The molecule has 25 heavy (non-hydrogen) atoms. The highest BCUT2D eigenvalue weighted by molar-refractivity contribution is 8.77. The molecule has 1 spiro atoms. The topological polar surface area (TPSA) is 45.5 Å². The fourth-order valence-corrected chi connectivity index (χ4v) is 9.59. The number of hydrogen-bond acceptors (Lipinski definition) is 6. The van der Waals surface area contributed by atoms with E-state index < -0.39 is 8.53 Å². The summed E-state index contributed by atoms with van der Waals surface area (Å²) < 4.78 is 15.5. The van der Waals surface area contributed by atoms with Crippen LogP contribution >= 0.6 is 30.1 Å². The zero-order chi connectivity index (χ0) is 18.4. The van der Waals surface area contributed by atoms with Crippen molar-refractivity contribution < 1.29 is 9.05 Å². The number of rotatable bonds is 8. The van der Waals surface area contributed by atoms with Crippen LogP contribution in [-0.4, -0.2) is 39.5 Å². The second kappa shape index (κ2) is 10.2. The van der Waals surface area contributed by atoms with E-state index >= 15 is 0 Å².